The fraction of sp³-hybridized carbons (Fsp3) is 0.233. The third kappa shape index (κ3) is 4.03. The van der Waals surface area contributed by atoms with Gasteiger partial charge >= 0.3 is 0 Å². The monoisotopic (exact) mass is 474 g/mol. The molecule has 1 amide bonds. The summed E-state index contributed by atoms with van der Waals surface area (Å²) in [6.07, 6.45) is 4.19. The van der Waals surface area contributed by atoms with E-state index in [0.717, 1.165) is 55.3 Å². The first-order valence-corrected chi connectivity index (χ1v) is 12.4. The highest BCUT2D eigenvalue weighted by Crippen LogP contribution is 2.39. The Morgan fingerprint density at radius 1 is 1.06 bits per heavy atom. The summed E-state index contributed by atoms with van der Waals surface area (Å²) < 4.78 is 6.48. The number of carbonyl (C=O) groups excluding carboxylic acids is 1. The number of amides is 1. The average molecular weight is 475 g/mol. The number of nitrogens with zero attached hydrogens (tertiary/aromatic N) is 3. The van der Waals surface area contributed by atoms with Gasteiger partial charge < -0.3 is 14.6 Å². The standard InChI is InChI=1S/C30H26N4O2/c1-19-9-11-23(12-10-19)32-29(35)26-17-22-16-21-6-3-13-34-14-4-8-25(27(21)34)28(22)36-30(26)33-24-7-2-5-20(15-24)18-31/h2,5,7,9-12,15-17H,3-4,6,8,13-14H2,1H3,(H,32,35). The molecule has 178 valence electrons. The van der Waals surface area contributed by atoms with Crippen LogP contribution in [0.4, 0.5) is 17.1 Å². The van der Waals surface area contributed by atoms with Crippen LogP contribution in [0.1, 0.15) is 45.5 Å². The van der Waals surface area contributed by atoms with Gasteiger partial charge in [0.25, 0.3) is 5.91 Å². The lowest BCUT2D eigenvalue weighted by molar-refractivity contribution is 0.102. The van der Waals surface area contributed by atoms with E-state index in [0.29, 0.717) is 22.5 Å². The lowest BCUT2D eigenvalue weighted by atomic mass is 9.90. The topological polar surface area (TPSA) is 81.6 Å². The van der Waals surface area contributed by atoms with Crippen LogP contribution in [0.25, 0.3) is 11.0 Å². The van der Waals surface area contributed by atoms with Crippen LogP contribution in [0.2, 0.25) is 0 Å². The highest BCUT2D eigenvalue weighted by atomic mass is 16.3. The Kier molecular flexibility index (Phi) is 5.54. The molecular formula is C30H26N4O2. The number of hydrogen-bond acceptors (Lipinski definition) is 5. The van der Waals surface area contributed by atoms with Gasteiger partial charge in [-0.25, -0.2) is 4.99 Å². The van der Waals surface area contributed by atoms with Crippen LogP contribution in [0.15, 0.2) is 70.1 Å². The van der Waals surface area contributed by atoms with Gasteiger partial charge in [-0.3, -0.25) is 4.79 Å². The van der Waals surface area contributed by atoms with Crippen molar-refractivity contribution in [3.05, 3.63) is 94.0 Å². The first-order valence-electron chi connectivity index (χ1n) is 12.4. The maximum absolute atomic E-state index is 13.5. The summed E-state index contributed by atoms with van der Waals surface area (Å²) in [4.78, 5) is 20.7. The molecule has 0 radical (unpaired) electrons. The van der Waals surface area contributed by atoms with Gasteiger partial charge in [-0.15, -0.1) is 0 Å². The summed E-state index contributed by atoms with van der Waals surface area (Å²) >= 11 is 0. The Labute approximate surface area is 209 Å². The van der Waals surface area contributed by atoms with E-state index in [1.165, 1.54) is 16.8 Å². The van der Waals surface area contributed by atoms with Crippen molar-refractivity contribution in [1.82, 2.24) is 0 Å². The fourth-order valence-corrected chi connectivity index (χ4v) is 5.30. The van der Waals surface area contributed by atoms with Crippen molar-refractivity contribution in [3.8, 4) is 6.07 Å². The highest BCUT2D eigenvalue weighted by Gasteiger charge is 2.27. The van der Waals surface area contributed by atoms with Crippen molar-refractivity contribution in [3.63, 3.8) is 0 Å². The molecule has 0 saturated carbocycles. The van der Waals surface area contributed by atoms with Gasteiger partial charge in [-0.1, -0.05) is 23.8 Å². The average Bonchev–Trinajstić information content (AvgIpc) is 2.90. The molecular weight excluding hydrogens is 448 g/mol. The minimum Gasteiger partial charge on any atom is -0.437 e. The largest absolute Gasteiger partial charge is 0.437 e. The second kappa shape index (κ2) is 9.01. The van der Waals surface area contributed by atoms with E-state index >= 15 is 0 Å². The van der Waals surface area contributed by atoms with E-state index in [1.54, 1.807) is 24.3 Å². The maximum Gasteiger partial charge on any atom is 0.261 e. The van der Waals surface area contributed by atoms with Gasteiger partial charge in [0.15, 0.2) is 0 Å². The zero-order valence-corrected chi connectivity index (χ0v) is 20.2. The molecule has 6 nitrogen and oxygen atoms in total. The predicted molar refractivity (Wildman–Crippen MR) is 141 cm³/mol. The number of rotatable bonds is 3. The Balaban J connectivity index is 1.55. The number of fused-ring (bicyclic) bond motifs is 2. The van der Waals surface area contributed by atoms with E-state index in [4.69, 9.17) is 9.41 Å². The number of benzene rings is 3. The van der Waals surface area contributed by atoms with Gasteiger partial charge in [-0.05, 0) is 80.6 Å². The Morgan fingerprint density at radius 3 is 2.67 bits per heavy atom. The highest BCUT2D eigenvalue weighted by molar-refractivity contribution is 6.06. The van der Waals surface area contributed by atoms with Crippen LogP contribution in [0.5, 0.6) is 0 Å². The van der Waals surface area contributed by atoms with Gasteiger partial charge in [-0.2, -0.15) is 5.26 Å². The van der Waals surface area contributed by atoms with Crippen molar-refractivity contribution < 1.29 is 9.21 Å². The molecule has 0 atom stereocenters. The molecule has 3 aromatic carbocycles. The third-order valence-electron chi connectivity index (χ3n) is 6.99. The Hall–Kier alpha value is -4.37. The summed E-state index contributed by atoms with van der Waals surface area (Å²) in [5.74, 6) is -0.285. The van der Waals surface area contributed by atoms with Gasteiger partial charge in [0, 0.05) is 35.4 Å². The van der Waals surface area contributed by atoms with Crippen LogP contribution < -0.4 is 15.8 Å². The molecule has 4 aromatic rings. The lowest BCUT2D eigenvalue weighted by Gasteiger charge is -2.37. The van der Waals surface area contributed by atoms with Crippen molar-refractivity contribution in [2.45, 2.75) is 32.6 Å². The van der Waals surface area contributed by atoms with Crippen molar-refractivity contribution >= 4 is 33.9 Å². The van der Waals surface area contributed by atoms with E-state index in [1.807, 2.05) is 37.3 Å². The normalized spacial score (nSPS) is 14.9. The van der Waals surface area contributed by atoms with Gasteiger partial charge in [0.05, 0.1) is 17.3 Å². The number of aryl methyl sites for hydroxylation is 3. The molecule has 0 fully saturated rings. The number of anilines is 2. The zero-order valence-electron chi connectivity index (χ0n) is 20.2. The second-order valence-corrected chi connectivity index (χ2v) is 9.53. The number of hydrogen-bond donors (Lipinski definition) is 1. The fourth-order valence-electron chi connectivity index (χ4n) is 5.30. The molecule has 0 aliphatic carbocycles. The molecule has 6 heteroatoms. The summed E-state index contributed by atoms with van der Waals surface area (Å²) in [5.41, 5.74) is 8.13. The Bertz CT molecular complexity index is 1610. The van der Waals surface area contributed by atoms with Crippen LogP contribution in [-0.4, -0.2) is 19.0 Å². The molecule has 3 heterocycles. The summed E-state index contributed by atoms with van der Waals surface area (Å²) in [7, 11) is 0. The summed E-state index contributed by atoms with van der Waals surface area (Å²) in [5, 5.41) is 13.2. The first kappa shape index (κ1) is 22.1. The smallest absolute Gasteiger partial charge is 0.261 e. The minimum atomic E-state index is -0.285. The molecule has 2 aliphatic rings. The molecule has 2 aliphatic heterocycles. The summed E-state index contributed by atoms with van der Waals surface area (Å²) in [6.45, 7) is 4.15. The van der Waals surface area contributed by atoms with Crippen molar-refractivity contribution in [2.75, 3.05) is 23.3 Å². The molecule has 1 N–H and O–H groups in total. The maximum atomic E-state index is 13.5. The van der Waals surface area contributed by atoms with Crippen LogP contribution in [0, 0.1) is 18.3 Å². The van der Waals surface area contributed by atoms with E-state index in [9.17, 15) is 10.1 Å². The third-order valence-corrected chi connectivity index (χ3v) is 6.99. The van der Waals surface area contributed by atoms with Crippen LogP contribution >= 0.6 is 0 Å². The molecule has 1 aromatic heterocycles. The SMILES string of the molecule is Cc1ccc(NC(=O)c2cc3cc4c5c(c3oc2=Nc2cccc(C#N)c2)CCCN5CCC4)cc1. The Morgan fingerprint density at radius 2 is 1.86 bits per heavy atom. The molecule has 0 saturated heterocycles. The van der Waals surface area contributed by atoms with Crippen molar-refractivity contribution in [2.24, 2.45) is 4.99 Å². The number of nitrogens with one attached hydrogen (secondary N) is 1. The minimum absolute atomic E-state index is 0.242. The predicted octanol–water partition coefficient (Wildman–Crippen LogP) is 5.80. The van der Waals surface area contributed by atoms with E-state index in [2.05, 4.69) is 22.4 Å². The van der Waals surface area contributed by atoms with E-state index in [-0.39, 0.29) is 11.5 Å². The van der Waals surface area contributed by atoms with Crippen LogP contribution in [-0.2, 0) is 12.8 Å². The number of nitriles is 1. The molecule has 0 unspecified atom stereocenters. The van der Waals surface area contributed by atoms with Gasteiger partial charge in [0.2, 0.25) is 5.55 Å². The van der Waals surface area contributed by atoms with Gasteiger partial charge in [0.1, 0.15) is 11.1 Å². The second-order valence-electron chi connectivity index (χ2n) is 9.53. The zero-order chi connectivity index (χ0) is 24.6. The van der Waals surface area contributed by atoms with Crippen LogP contribution in [0.3, 0.4) is 0 Å². The molecule has 0 bridgehead atoms. The molecule has 0 spiro atoms. The quantitative estimate of drug-likeness (QED) is 0.407. The van der Waals surface area contributed by atoms with E-state index < -0.39 is 0 Å². The number of carbonyl (C=O) groups is 1. The molecule has 36 heavy (non-hydrogen) atoms. The van der Waals surface area contributed by atoms with Crippen molar-refractivity contribution in [1.29, 1.82) is 5.26 Å². The lowest BCUT2D eigenvalue weighted by Crippen LogP contribution is -2.34. The summed E-state index contributed by atoms with van der Waals surface area (Å²) in [6, 6.07) is 20.9. The molecule has 6 rings (SSSR count). The first-order chi connectivity index (χ1) is 17.6.